The molecule has 2 rings (SSSR count). The lowest BCUT2D eigenvalue weighted by atomic mass is 10.0. The standard InChI is InChI=1S/C37H60NO3/c1-5-6-7-8-9-10-11-12-13-14-16-21-34-25-27-36(28-26-34)41-33(2)29-31-40-37(39)24-19-20-30-38(3,4)32-35-22-17-15-18-23-35/h15,17-18,22-23,25-28,33H,5-14,16,19-21,24,29-32H2,1-4H3/q+1. The summed E-state index contributed by atoms with van der Waals surface area (Å²) in [4.78, 5) is 12.2. The molecule has 0 saturated carbocycles. The van der Waals surface area contributed by atoms with E-state index in [4.69, 9.17) is 9.47 Å². The highest BCUT2D eigenvalue weighted by molar-refractivity contribution is 5.69. The molecule has 0 radical (unpaired) electrons. The number of aryl methyl sites for hydroxylation is 1. The van der Waals surface area contributed by atoms with E-state index in [-0.39, 0.29) is 12.1 Å². The quantitative estimate of drug-likeness (QED) is 0.0721. The van der Waals surface area contributed by atoms with Gasteiger partial charge in [0.25, 0.3) is 0 Å². The summed E-state index contributed by atoms with van der Waals surface area (Å²) >= 11 is 0. The molecule has 0 aromatic heterocycles. The molecule has 0 aliphatic carbocycles. The molecule has 2 aromatic rings. The van der Waals surface area contributed by atoms with Gasteiger partial charge in [-0.1, -0.05) is 114 Å². The van der Waals surface area contributed by atoms with Crippen LogP contribution in [0.4, 0.5) is 0 Å². The summed E-state index contributed by atoms with van der Waals surface area (Å²) in [7, 11) is 4.50. The molecule has 4 nitrogen and oxygen atoms in total. The first-order chi connectivity index (χ1) is 19.9. The van der Waals surface area contributed by atoms with E-state index in [1.165, 1.54) is 81.8 Å². The maximum Gasteiger partial charge on any atom is 0.305 e. The van der Waals surface area contributed by atoms with Crippen molar-refractivity contribution in [2.24, 2.45) is 0 Å². The number of unbranched alkanes of at least 4 members (excludes halogenated alkanes) is 11. The van der Waals surface area contributed by atoms with Gasteiger partial charge in [0.2, 0.25) is 0 Å². The van der Waals surface area contributed by atoms with Gasteiger partial charge in [-0.25, -0.2) is 0 Å². The van der Waals surface area contributed by atoms with Gasteiger partial charge in [0.15, 0.2) is 0 Å². The van der Waals surface area contributed by atoms with Gasteiger partial charge in [0.1, 0.15) is 12.3 Å². The number of rotatable bonds is 24. The molecule has 0 N–H and O–H groups in total. The second-order valence-electron chi connectivity index (χ2n) is 12.6. The van der Waals surface area contributed by atoms with Gasteiger partial charge in [-0.15, -0.1) is 0 Å². The van der Waals surface area contributed by atoms with E-state index in [2.05, 4.69) is 75.6 Å². The van der Waals surface area contributed by atoms with Gasteiger partial charge < -0.3 is 14.0 Å². The fourth-order valence-electron chi connectivity index (χ4n) is 5.40. The van der Waals surface area contributed by atoms with Crippen molar-refractivity contribution in [1.82, 2.24) is 0 Å². The molecule has 4 heteroatoms. The maximum absolute atomic E-state index is 12.2. The number of ether oxygens (including phenoxy) is 2. The zero-order chi connectivity index (χ0) is 29.6. The molecular formula is C37H60NO3+. The summed E-state index contributed by atoms with van der Waals surface area (Å²) in [5, 5.41) is 0. The van der Waals surface area contributed by atoms with Crippen LogP contribution in [0.5, 0.6) is 5.75 Å². The highest BCUT2D eigenvalue weighted by Gasteiger charge is 2.16. The van der Waals surface area contributed by atoms with Gasteiger partial charge in [-0.3, -0.25) is 4.79 Å². The number of esters is 1. The molecule has 0 spiro atoms. The van der Waals surface area contributed by atoms with Gasteiger partial charge in [-0.05, 0) is 50.3 Å². The normalized spacial score (nSPS) is 12.3. The van der Waals surface area contributed by atoms with E-state index in [1.54, 1.807) is 0 Å². The monoisotopic (exact) mass is 566 g/mol. The van der Waals surface area contributed by atoms with Crippen LogP contribution in [0.25, 0.3) is 0 Å². The summed E-state index contributed by atoms with van der Waals surface area (Å²) in [5.41, 5.74) is 2.74. The number of carbonyl (C=O) groups is 1. The van der Waals surface area contributed by atoms with Crippen LogP contribution in [0.3, 0.4) is 0 Å². The second kappa shape index (κ2) is 21.4. The lowest BCUT2D eigenvalue weighted by Gasteiger charge is -2.30. The topological polar surface area (TPSA) is 35.5 Å². The van der Waals surface area contributed by atoms with Crippen molar-refractivity contribution in [2.75, 3.05) is 27.2 Å². The van der Waals surface area contributed by atoms with Crippen molar-refractivity contribution in [2.45, 2.75) is 129 Å². The van der Waals surface area contributed by atoms with Crippen LogP contribution in [0.15, 0.2) is 54.6 Å². The summed E-state index contributed by atoms with van der Waals surface area (Å²) in [5.74, 6) is 0.792. The van der Waals surface area contributed by atoms with Crippen molar-refractivity contribution in [3.63, 3.8) is 0 Å². The van der Waals surface area contributed by atoms with Crippen LogP contribution in [0.2, 0.25) is 0 Å². The minimum absolute atomic E-state index is 0.0105. The zero-order valence-corrected chi connectivity index (χ0v) is 26.9. The predicted molar refractivity (Wildman–Crippen MR) is 173 cm³/mol. The predicted octanol–water partition coefficient (Wildman–Crippen LogP) is 9.69. The third-order valence-electron chi connectivity index (χ3n) is 7.96. The van der Waals surface area contributed by atoms with Crippen LogP contribution < -0.4 is 4.74 Å². The fraction of sp³-hybridized carbons (Fsp3) is 0.649. The molecule has 230 valence electrons. The Morgan fingerprint density at radius 3 is 1.98 bits per heavy atom. The van der Waals surface area contributed by atoms with E-state index < -0.39 is 0 Å². The number of carbonyl (C=O) groups excluding carboxylic acids is 1. The Hall–Kier alpha value is -2.33. The molecule has 0 fully saturated rings. The molecule has 0 amide bonds. The Bertz CT molecular complexity index is 910. The van der Waals surface area contributed by atoms with Crippen LogP contribution in [-0.4, -0.2) is 43.8 Å². The van der Waals surface area contributed by atoms with E-state index >= 15 is 0 Å². The Morgan fingerprint density at radius 2 is 1.34 bits per heavy atom. The van der Waals surface area contributed by atoms with Crippen LogP contribution in [-0.2, 0) is 22.5 Å². The SMILES string of the molecule is CCCCCCCCCCCCCc1ccc(OC(C)CCOC(=O)CCCC[N+](C)(C)Cc2ccccc2)cc1. The second-order valence-corrected chi connectivity index (χ2v) is 12.6. The van der Waals surface area contributed by atoms with Crippen molar-refractivity contribution >= 4 is 5.97 Å². The van der Waals surface area contributed by atoms with Gasteiger partial charge in [0, 0.05) is 18.4 Å². The van der Waals surface area contributed by atoms with Crippen LogP contribution >= 0.6 is 0 Å². The van der Waals surface area contributed by atoms with Gasteiger partial charge in [-0.2, -0.15) is 0 Å². The molecule has 1 unspecified atom stereocenters. The van der Waals surface area contributed by atoms with Crippen molar-refractivity contribution in [3.05, 3.63) is 65.7 Å². The largest absolute Gasteiger partial charge is 0.491 e. The van der Waals surface area contributed by atoms with Gasteiger partial charge >= 0.3 is 5.97 Å². The molecule has 0 aliphatic heterocycles. The highest BCUT2D eigenvalue weighted by Crippen LogP contribution is 2.18. The minimum atomic E-state index is -0.0997. The zero-order valence-electron chi connectivity index (χ0n) is 26.9. The van der Waals surface area contributed by atoms with Crippen LogP contribution in [0, 0.1) is 0 Å². The maximum atomic E-state index is 12.2. The van der Waals surface area contributed by atoms with E-state index in [0.29, 0.717) is 19.4 Å². The molecule has 0 bridgehead atoms. The van der Waals surface area contributed by atoms with Crippen molar-refractivity contribution in [1.29, 1.82) is 0 Å². The first kappa shape index (κ1) is 34.9. The van der Waals surface area contributed by atoms with Crippen molar-refractivity contribution in [3.8, 4) is 5.75 Å². The van der Waals surface area contributed by atoms with E-state index in [0.717, 1.165) is 42.6 Å². The van der Waals surface area contributed by atoms with E-state index in [1.807, 2.05) is 6.92 Å². The molecule has 0 saturated heterocycles. The van der Waals surface area contributed by atoms with Gasteiger partial charge in [0.05, 0.1) is 33.4 Å². The summed E-state index contributed by atoms with van der Waals surface area (Å²) < 4.78 is 12.5. The molecule has 0 heterocycles. The van der Waals surface area contributed by atoms with E-state index in [9.17, 15) is 4.79 Å². The Balaban J connectivity index is 1.47. The third kappa shape index (κ3) is 18.0. The first-order valence-electron chi connectivity index (χ1n) is 16.6. The highest BCUT2D eigenvalue weighted by atomic mass is 16.5. The van der Waals surface area contributed by atoms with Crippen molar-refractivity contribution < 1.29 is 18.8 Å². The number of hydrogen-bond acceptors (Lipinski definition) is 3. The average molecular weight is 567 g/mol. The summed E-state index contributed by atoms with van der Waals surface area (Å²) in [6, 6.07) is 19.1. The molecule has 2 aromatic carbocycles. The molecule has 0 aliphatic rings. The Morgan fingerprint density at radius 1 is 0.732 bits per heavy atom. The Kier molecular flexibility index (Phi) is 18.2. The van der Waals surface area contributed by atoms with Crippen LogP contribution in [0.1, 0.15) is 121 Å². The third-order valence-corrected chi connectivity index (χ3v) is 7.96. The minimum Gasteiger partial charge on any atom is -0.491 e. The number of benzene rings is 2. The average Bonchev–Trinajstić information content (AvgIpc) is 2.95. The summed E-state index contributed by atoms with van der Waals surface area (Å²) in [6.45, 7) is 6.78. The number of quaternary nitrogens is 1. The lowest BCUT2D eigenvalue weighted by molar-refractivity contribution is -0.903. The fourth-order valence-corrected chi connectivity index (χ4v) is 5.40. The first-order valence-corrected chi connectivity index (χ1v) is 16.6. The molecular weight excluding hydrogens is 506 g/mol. The molecule has 41 heavy (non-hydrogen) atoms. The number of hydrogen-bond donors (Lipinski definition) is 0. The Labute approximate surface area is 252 Å². The number of nitrogens with zero attached hydrogens (tertiary/aromatic N) is 1. The molecule has 1 atom stereocenters. The lowest BCUT2D eigenvalue weighted by Crippen LogP contribution is -2.39. The smallest absolute Gasteiger partial charge is 0.305 e. The summed E-state index contributed by atoms with van der Waals surface area (Å²) in [6.07, 6.45) is 19.4.